The third-order valence-electron chi connectivity index (χ3n) is 7.30. The topological polar surface area (TPSA) is 82.1 Å². The van der Waals surface area contributed by atoms with Crippen molar-refractivity contribution in [3.8, 4) is 0 Å². The van der Waals surface area contributed by atoms with Gasteiger partial charge in [0.05, 0.1) is 24.2 Å². The number of piperidine rings is 1. The number of anilines is 2. The van der Waals surface area contributed by atoms with Crippen LogP contribution in [0.1, 0.15) is 50.5 Å². The molecule has 182 valence electrons. The van der Waals surface area contributed by atoms with Gasteiger partial charge in [0.1, 0.15) is 0 Å². The van der Waals surface area contributed by atoms with Crippen LogP contribution in [0.4, 0.5) is 29.3 Å². The average molecular weight is 470 g/mol. The highest BCUT2D eigenvalue weighted by Crippen LogP contribution is 2.46. The van der Waals surface area contributed by atoms with Crippen LogP contribution in [0.25, 0.3) is 0 Å². The largest absolute Gasteiger partial charge is 0.453 e. The van der Waals surface area contributed by atoms with Gasteiger partial charge in [0.2, 0.25) is 5.91 Å². The van der Waals surface area contributed by atoms with Crippen LogP contribution in [0, 0.1) is 5.41 Å². The van der Waals surface area contributed by atoms with Crippen molar-refractivity contribution < 1.29 is 32.6 Å². The molecule has 2 saturated heterocycles. The Morgan fingerprint density at radius 1 is 1.18 bits per heavy atom. The zero-order valence-electron chi connectivity index (χ0n) is 18.7. The number of halogens is 3. The van der Waals surface area contributed by atoms with E-state index >= 15 is 0 Å². The molecule has 2 aliphatic heterocycles. The molecule has 1 saturated carbocycles. The van der Waals surface area contributed by atoms with Crippen molar-refractivity contribution in [3.05, 3.63) is 23.8 Å². The minimum Gasteiger partial charge on any atom is -0.453 e. The molecule has 2 heterocycles. The van der Waals surface area contributed by atoms with E-state index in [1.807, 2.05) is 4.90 Å². The van der Waals surface area contributed by atoms with Gasteiger partial charge in [-0.05, 0) is 63.1 Å². The molecule has 0 bridgehead atoms. The van der Waals surface area contributed by atoms with Crippen molar-refractivity contribution in [2.24, 2.45) is 5.41 Å². The van der Waals surface area contributed by atoms with Crippen molar-refractivity contribution in [3.63, 3.8) is 0 Å². The van der Waals surface area contributed by atoms with Gasteiger partial charge in [0.15, 0.2) is 0 Å². The molecule has 1 aliphatic carbocycles. The zero-order valence-corrected chi connectivity index (χ0v) is 18.7. The number of likely N-dealkylation sites (tertiary alicyclic amines) is 1. The number of aliphatic hydroxyl groups is 1. The molecule has 33 heavy (non-hydrogen) atoms. The Hall–Kier alpha value is -2.49. The Bertz CT molecular complexity index is 901. The molecule has 4 rings (SSSR count). The van der Waals surface area contributed by atoms with E-state index in [1.165, 1.54) is 12.1 Å². The zero-order chi connectivity index (χ0) is 23.8. The molecule has 0 aromatic heterocycles. The second-order valence-electron chi connectivity index (χ2n) is 9.36. The predicted molar refractivity (Wildman–Crippen MR) is 116 cm³/mol. The van der Waals surface area contributed by atoms with Crippen LogP contribution >= 0.6 is 0 Å². The molecule has 7 nitrogen and oxygen atoms in total. The Balaban J connectivity index is 1.56. The fourth-order valence-corrected chi connectivity index (χ4v) is 5.57. The molecule has 0 unspecified atom stereocenters. The maximum atomic E-state index is 13.9. The van der Waals surface area contributed by atoms with Crippen LogP contribution in [0.15, 0.2) is 18.2 Å². The first-order valence-electron chi connectivity index (χ1n) is 11.4. The highest BCUT2D eigenvalue weighted by molar-refractivity contribution is 5.87. The number of carbonyl (C=O) groups excluding carboxylic acids is 2. The van der Waals surface area contributed by atoms with E-state index in [-0.39, 0.29) is 36.0 Å². The third kappa shape index (κ3) is 4.76. The normalized spacial score (nSPS) is 28.3. The number of aliphatic hydroxyl groups excluding tert-OH is 1. The van der Waals surface area contributed by atoms with E-state index in [0.717, 1.165) is 26.0 Å². The first-order valence-corrected chi connectivity index (χ1v) is 11.4. The lowest BCUT2D eigenvalue weighted by atomic mass is 9.78. The van der Waals surface area contributed by atoms with Gasteiger partial charge >= 0.3 is 12.3 Å². The van der Waals surface area contributed by atoms with E-state index in [9.17, 15) is 27.9 Å². The second-order valence-corrected chi connectivity index (χ2v) is 9.36. The number of alkyl halides is 3. The summed E-state index contributed by atoms with van der Waals surface area (Å²) in [4.78, 5) is 28.5. The lowest BCUT2D eigenvalue weighted by Crippen LogP contribution is -2.50. The van der Waals surface area contributed by atoms with E-state index in [4.69, 9.17) is 0 Å². The molecule has 1 atom stereocenters. The fraction of sp³-hybridized carbons (Fsp3) is 0.652. The molecular weight excluding hydrogens is 439 g/mol. The first kappa shape index (κ1) is 23.7. The first-order chi connectivity index (χ1) is 15.6. The van der Waals surface area contributed by atoms with Gasteiger partial charge in [-0.25, -0.2) is 4.79 Å². The standard InChI is InChI=1S/C23H30F3N3O4/c1-33-21(32)27-15-3-8-19(18(13-15)23(24,25)26)28-11-2-9-22(14-28)10-12-29(20(22)31)16-4-6-17(30)7-5-16/h3,8,13,16-17,30H,2,4-7,9-12,14H2,1H3,(H,27,32)/t16?,17?,22-/m1/s1. The summed E-state index contributed by atoms with van der Waals surface area (Å²) in [6, 6.07) is 3.78. The van der Waals surface area contributed by atoms with Crippen LogP contribution in [-0.2, 0) is 15.7 Å². The number of amides is 2. The molecular formula is C23H30F3N3O4. The number of benzene rings is 1. The van der Waals surface area contributed by atoms with Crippen LogP contribution in [0.3, 0.4) is 0 Å². The van der Waals surface area contributed by atoms with E-state index in [1.54, 1.807) is 4.90 Å². The van der Waals surface area contributed by atoms with E-state index in [0.29, 0.717) is 45.2 Å². The summed E-state index contributed by atoms with van der Waals surface area (Å²) in [7, 11) is 1.14. The third-order valence-corrected chi connectivity index (χ3v) is 7.30. The quantitative estimate of drug-likeness (QED) is 0.699. The Morgan fingerprint density at radius 2 is 1.91 bits per heavy atom. The van der Waals surface area contributed by atoms with Gasteiger partial charge in [-0.3, -0.25) is 10.1 Å². The van der Waals surface area contributed by atoms with Crippen molar-refractivity contribution in [2.75, 3.05) is 37.0 Å². The average Bonchev–Trinajstić information content (AvgIpc) is 3.09. The predicted octanol–water partition coefficient (Wildman–Crippen LogP) is 4.01. The number of carbonyl (C=O) groups is 2. The number of nitrogens with one attached hydrogen (secondary N) is 1. The summed E-state index contributed by atoms with van der Waals surface area (Å²) in [5.74, 6) is 0.0335. The highest BCUT2D eigenvalue weighted by atomic mass is 19.4. The molecule has 3 aliphatic rings. The van der Waals surface area contributed by atoms with Crippen molar-refractivity contribution in [1.82, 2.24) is 4.90 Å². The van der Waals surface area contributed by atoms with Gasteiger partial charge in [-0.1, -0.05) is 0 Å². The van der Waals surface area contributed by atoms with Gasteiger partial charge < -0.3 is 19.6 Å². The summed E-state index contributed by atoms with van der Waals surface area (Å²) in [5, 5.41) is 12.1. The van der Waals surface area contributed by atoms with Crippen LogP contribution in [0.2, 0.25) is 0 Å². The van der Waals surface area contributed by atoms with Crippen molar-refractivity contribution in [2.45, 2.75) is 63.3 Å². The van der Waals surface area contributed by atoms with Crippen LogP contribution in [0.5, 0.6) is 0 Å². The lowest BCUT2D eigenvalue weighted by Gasteiger charge is -2.42. The SMILES string of the molecule is COC(=O)Nc1ccc(N2CCC[C@@]3(CCN(C4CCC(O)CC4)C3=O)C2)c(C(F)(F)F)c1. The highest BCUT2D eigenvalue weighted by Gasteiger charge is 2.51. The summed E-state index contributed by atoms with van der Waals surface area (Å²) in [5.41, 5.74) is -1.52. The molecule has 2 N–H and O–H groups in total. The number of ether oxygens (including phenoxy) is 1. The lowest BCUT2D eigenvalue weighted by molar-refractivity contribution is -0.139. The summed E-state index contributed by atoms with van der Waals surface area (Å²) in [6.45, 7) is 1.28. The molecule has 10 heteroatoms. The molecule has 1 aromatic rings. The molecule has 2 amide bonds. The minimum absolute atomic E-state index is 0.00717. The van der Waals surface area contributed by atoms with Crippen molar-refractivity contribution >= 4 is 23.4 Å². The maximum absolute atomic E-state index is 13.9. The summed E-state index contributed by atoms with van der Waals surface area (Å²) < 4.78 is 46.2. The van der Waals surface area contributed by atoms with Gasteiger partial charge in [-0.15, -0.1) is 0 Å². The summed E-state index contributed by atoms with van der Waals surface area (Å²) >= 11 is 0. The number of rotatable bonds is 3. The maximum Gasteiger partial charge on any atom is 0.418 e. The van der Waals surface area contributed by atoms with E-state index in [2.05, 4.69) is 10.1 Å². The second kappa shape index (κ2) is 9.04. The number of hydrogen-bond donors (Lipinski definition) is 2. The molecule has 1 spiro atoms. The van der Waals surface area contributed by atoms with Crippen molar-refractivity contribution in [1.29, 1.82) is 0 Å². The minimum atomic E-state index is -4.62. The molecule has 3 fully saturated rings. The monoisotopic (exact) mass is 469 g/mol. The summed E-state index contributed by atoms with van der Waals surface area (Å²) in [6.07, 6.45) is -0.981. The number of nitrogens with zero attached hydrogens (tertiary/aromatic N) is 2. The van der Waals surface area contributed by atoms with Gasteiger partial charge in [0.25, 0.3) is 0 Å². The van der Waals surface area contributed by atoms with Gasteiger partial charge in [0, 0.05) is 37.1 Å². The Labute approximate surface area is 190 Å². The van der Waals surface area contributed by atoms with Crippen LogP contribution in [-0.4, -0.2) is 60.9 Å². The molecule has 0 radical (unpaired) electrons. The smallest absolute Gasteiger partial charge is 0.418 e. The number of methoxy groups -OCH3 is 1. The Kier molecular flexibility index (Phi) is 6.48. The fourth-order valence-electron chi connectivity index (χ4n) is 5.57. The Morgan fingerprint density at radius 3 is 2.58 bits per heavy atom. The van der Waals surface area contributed by atoms with E-state index < -0.39 is 23.2 Å². The van der Waals surface area contributed by atoms with Gasteiger partial charge in [-0.2, -0.15) is 13.2 Å². The number of hydrogen-bond acceptors (Lipinski definition) is 5. The van der Waals surface area contributed by atoms with Crippen LogP contribution < -0.4 is 10.2 Å². The molecule has 1 aromatic carbocycles.